The molecule has 2 amide bonds. The van der Waals surface area contributed by atoms with Crippen LogP contribution in [-0.2, 0) is 4.79 Å². The van der Waals surface area contributed by atoms with Gasteiger partial charge in [0.25, 0.3) is 5.91 Å². The van der Waals surface area contributed by atoms with Crippen molar-refractivity contribution in [2.24, 2.45) is 5.73 Å². The highest BCUT2D eigenvalue weighted by atomic mass is 16.5. The van der Waals surface area contributed by atoms with E-state index in [-0.39, 0.29) is 24.8 Å². The van der Waals surface area contributed by atoms with Crippen LogP contribution in [0.15, 0.2) is 18.2 Å². The van der Waals surface area contributed by atoms with Gasteiger partial charge in [0.05, 0.1) is 12.3 Å². The van der Waals surface area contributed by atoms with E-state index < -0.39 is 0 Å². The van der Waals surface area contributed by atoms with Gasteiger partial charge in [-0.1, -0.05) is 0 Å². The maximum atomic E-state index is 12.6. The van der Waals surface area contributed by atoms with Gasteiger partial charge in [-0.25, -0.2) is 0 Å². The Balaban J connectivity index is 2.20. The molecular weight excluding hydrogens is 294 g/mol. The lowest BCUT2D eigenvalue weighted by atomic mass is 10.1. The Kier molecular flexibility index (Phi) is 6.40. The Labute approximate surface area is 137 Å². The normalized spacial score (nSPS) is 14.4. The molecule has 0 aromatic heterocycles. The van der Waals surface area contributed by atoms with Crippen molar-refractivity contribution in [3.8, 4) is 5.75 Å². The van der Waals surface area contributed by atoms with Gasteiger partial charge in [0.2, 0.25) is 5.91 Å². The molecule has 1 aliphatic heterocycles. The predicted octanol–water partition coefficient (Wildman–Crippen LogP) is 2.00. The quantitative estimate of drug-likeness (QED) is 0.840. The molecule has 0 aliphatic carbocycles. The molecule has 2 rings (SSSR count). The number of nitrogens with zero attached hydrogens (tertiary/aromatic N) is 1. The van der Waals surface area contributed by atoms with E-state index >= 15 is 0 Å². The van der Waals surface area contributed by atoms with E-state index in [2.05, 4.69) is 5.32 Å². The number of nitrogens with two attached hydrogens (primary N) is 1. The van der Waals surface area contributed by atoms with Crippen molar-refractivity contribution < 1.29 is 14.3 Å². The van der Waals surface area contributed by atoms with Crippen LogP contribution >= 0.6 is 0 Å². The average Bonchev–Trinajstić information content (AvgIpc) is 2.57. The number of likely N-dealkylation sites (tertiary alicyclic amines) is 1. The van der Waals surface area contributed by atoms with E-state index in [9.17, 15) is 9.59 Å². The fraction of sp³-hybridized carbons (Fsp3) is 0.529. The number of carbonyl (C=O) groups is 2. The molecule has 0 bridgehead atoms. The van der Waals surface area contributed by atoms with E-state index in [1.165, 1.54) is 6.42 Å². The minimum absolute atomic E-state index is 0.00192. The Morgan fingerprint density at radius 1 is 1.26 bits per heavy atom. The number of ether oxygens (including phenoxy) is 1. The molecule has 6 heteroatoms. The fourth-order valence-electron chi connectivity index (χ4n) is 2.67. The Bertz CT molecular complexity index is 554. The molecule has 6 nitrogen and oxygen atoms in total. The lowest BCUT2D eigenvalue weighted by molar-refractivity contribution is -0.116. The Morgan fingerprint density at radius 3 is 2.65 bits per heavy atom. The van der Waals surface area contributed by atoms with Gasteiger partial charge in [0.1, 0.15) is 5.75 Å². The summed E-state index contributed by atoms with van der Waals surface area (Å²) >= 11 is 0. The second-order valence-corrected chi connectivity index (χ2v) is 5.58. The SMILES string of the molecule is CCOc1ccc(C(=O)N2CCCCC2)cc1NC(=O)CCN. The highest BCUT2D eigenvalue weighted by Crippen LogP contribution is 2.27. The van der Waals surface area contributed by atoms with E-state index in [4.69, 9.17) is 10.5 Å². The second kappa shape index (κ2) is 8.53. The molecular formula is C17H25N3O3. The first-order chi connectivity index (χ1) is 11.2. The molecule has 0 unspecified atom stereocenters. The van der Waals surface area contributed by atoms with E-state index in [1.54, 1.807) is 18.2 Å². The second-order valence-electron chi connectivity index (χ2n) is 5.58. The zero-order chi connectivity index (χ0) is 16.7. The fourth-order valence-corrected chi connectivity index (χ4v) is 2.67. The van der Waals surface area contributed by atoms with Gasteiger partial charge < -0.3 is 20.7 Å². The summed E-state index contributed by atoms with van der Waals surface area (Å²) in [5.74, 6) is 0.381. The number of benzene rings is 1. The van der Waals surface area contributed by atoms with E-state index in [0.29, 0.717) is 23.6 Å². The third-order valence-corrected chi connectivity index (χ3v) is 3.82. The zero-order valence-corrected chi connectivity index (χ0v) is 13.6. The summed E-state index contributed by atoms with van der Waals surface area (Å²) in [5, 5.41) is 2.78. The van der Waals surface area contributed by atoms with E-state index in [0.717, 1.165) is 25.9 Å². The minimum atomic E-state index is -0.184. The molecule has 0 radical (unpaired) electrons. The number of hydrogen-bond acceptors (Lipinski definition) is 4. The number of nitrogens with one attached hydrogen (secondary N) is 1. The summed E-state index contributed by atoms with van der Waals surface area (Å²) in [5.41, 5.74) is 6.49. The molecule has 1 saturated heterocycles. The first kappa shape index (κ1) is 17.3. The van der Waals surface area contributed by atoms with Crippen LogP contribution in [0.4, 0.5) is 5.69 Å². The molecule has 126 valence electrons. The van der Waals surface area contributed by atoms with Crippen LogP contribution in [0.2, 0.25) is 0 Å². The van der Waals surface area contributed by atoms with Crippen LogP contribution in [0, 0.1) is 0 Å². The Hall–Kier alpha value is -2.08. The topological polar surface area (TPSA) is 84.7 Å². The smallest absolute Gasteiger partial charge is 0.253 e. The zero-order valence-electron chi connectivity index (χ0n) is 13.6. The van der Waals surface area contributed by atoms with Crippen molar-refractivity contribution in [1.29, 1.82) is 0 Å². The van der Waals surface area contributed by atoms with Crippen molar-refractivity contribution in [2.75, 3.05) is 31.6 Å². The van der Waals surface area contributed by atoms with Crippen molar-refractivity contribution in [3.05, 3.63) is 23.8 Å². The van der Waals surface area contributed by atoms with Gasteiger partial charge >= 0.3 is 0 Å². The highest BCUT2D eigenvalue weighted by Gasteiger charge is 2.19. The van der Waals surface area contributed by atoms with Crippen molar-refractivity contribution >= 4 is 17.5 Å². The van der Waals surface area contributed by atoms with Gasteiger partial charge in [-0.05, 0) is 44.4 Å². The highest BCUT2D eigenvalue weighted by molar-refractivity contribution is 5.98. The standard InChI is InChI=1S/C17H25N3O3/c1-2-23-15-7-6-13(12-14(15)19-16(21)8-9-18)17(22)20-10-4-3-5-11-20/h6-7,12H,2-5,8-11,18H2,1H3,(H,19,21). The van der Waals surface area contributed by atoms with Gasteiger partial charge in [0, 0.05) is 31.6 Å². The molecule has 1 fully saturated rings. The monoisotopic (exact) mass is 319 g/mol. The Morgan fingerprint density at radius 2 is 2.00 bits per heavy atom. The summed E-state index contributed by atoms with van der Waals surface area (Å²) in [4.78, 5) is 26.3. The van der Waals surface area contributed by atoms with E-state index in [1.807, 2.05) is 11.8 Å². The minimum Gasteiger partial charge on any atom is -0.492 e. The molecule has 0 saturated carbocycles. The molecule has 0 spiro atoms. The maximum Gasteiger partial charge on any atom is 0.253 e. The van der Waals surface area contributed by atoms with Crippen molar-refractivity contribution in [2.45, 2.75) is 32.6 Å². The van der Waals surface area contributed by atoms with Crippen LogP contribution in [0.5, 0.6) is 5.75 Å². The van der Waals surface area contributed by atoms with Crippen LogP contribution in [0.3, 0.4) is 0 Å². The molecule has 1 heterocycles. The first-order valence-electron chi connectivity index (χ1n) is 8.21. The number of rotatable bonds is 6. The lowest BCUT2D eigenvalue weighted by Crippen LogP contribution is -2.35. The van der Waals surface area contributed by atoms with Gasteiger partial charge in [-0.15, -0.1) is 0 Å². The average molecular weight is 319 g/mol. The molecule has 0 atom stereocenters. The van der Waals surface area contributed by atoms with Crippen LogP contribution in [0.1, 0.15) is 43.0 Å². The lowest BCUT2D eigenvalue weighted by Gasteiger charge is -2.27. The summed E-state index contributed by atoms with van der Waals surface area (Å²) in [6.45, 7) is 4.22. The predicted molar refractivity (Wildman–Crippen MR) is 89.7 cm³/mol. The third kappa shape index (κ3) is 4.69. The molecule has 1 aromatic rings. The molecule has 1 aromatic carbocycles. The number of anilines is 1. The molecule has 3 N–H and O–H groups in total. The third-order valence-electron chi connectivity index (χ3n) is 3.82. The van der Waals surface area contributed by atoms with Crippen LogP contribution in [-0.4, -0.2) is 43.0 Å². The van der Waals surface area contributed by atoms with Gasteiger partial charge in [-0.3, -0.25) is 9.59 Å². The molecule has 23 heavy (non-hydrogen) atoms. The van der Waals surface area contributed by atoms with Crippen LogP contribution in [0.25, 0.3) is 0 Å². The summed E-state index contributed by atoms with van der Waals surface area (Å²) in [6, 6.07) is 5.18. The number of hydrogen-bond donors (Lipinski definition) is 2. The number of carbonyl (C=O) groups excluding carboxylic acids is 2. The first-order valence-corrected chi connectivity index (χ1v) is 8.21. The summed E-state index contributed by atoms with van der Waals surface area (Å²) < 4.78 is 5.53. The number of amides is 2. The maximum absolute atomic E-state index is 12.6. The number of piperidine rings is 1. The largest absolute Gasteiger partial charge is 0.492 e. The van der Waals surface area contributed by atoms with Gasteiger partial charge in [0.15, 0.2) is 0 Å². The molecule has 1 aliphatic rings. The van der Waals surface area contributed by atoms with Crippen LogP contribution < -0.4 is 15.8 Å². The summed E-state index contributed by atoms with van der Waals surface area (Å²) in [6.07, 6.45) is 3.50. The van der Waals surface area contributed by atoms with Crippen molar-refractivity contribution in [3.63, 3.8) is 0 Å². The van der Waals surface area contributed by atoms with Crippen molar-refractivity contribution in [1.82, 2.24) is 4.90 Å². The van der Waals surface area contributed by atoms with Gasteiger partial charge in [-0.2, -0.15) is 0 Å². The summed E-state index contributed by atoms with van der Waals surface area (Å²) in [7, 11) is 0.